The molecule has 15 heteroatoms. The van der Waals surface area contributed by atoms with Crippen LogP contribution in [0.15, 0.2) is 36.4 Å². The van der Waals surface area contributed by atoms with Gasteiger partial charge in [0.15, 0.2) is 0 Å². The second-order valence-corrected chi connectivity index (χ2v) is 9.29. The summed E-state index contributed by atoms with van der Waals surface area (Å²) >= 11 is 5.71. The van der Waals surface area contributed by atoms with Gasteiger partial charge in [-0.1, -0.05) is 41.3 Å². The van der Waals surface area contributed by atoms with Gasteiger partial charge in [-0.15, -0.1) is 0 Å². The summed E-state index contributed by atoms with van der Waals surface area (Å²) in [6.07, 6.45) is -0.0843. The van der Waals surface area contributed by atoms with Gasteiger partial charge in [-0.3, -0.25) is 24.5 Å². The summed E-state index contributed by atoms with van der Waals surface area (Å²) in [4.78, 5) is 50.5. The minimum atomic E-state index is -4.05. The molecule has 1 unspecified atom stereocenters. The van der Waals surface area contributed by atoms with E-state index in [2.05, 4.69) is 5.32 Å². The lowest BCUT2D eigenvalue weighted by atomic mass is 9.53. The molecular formula is C22H13B5ClF2N3O4. The molecule has 176 valence electrons. The first-order valence-electron chi connectivity index (χ1n) is 10.8. The summed E-state index contributed by atoms with van der Waals surface area (Å²) in [6.45, 7) is 0. The number of imide groups is 1. The van der Waals surface area contributed by atoms with Gasteiger partial charge in [0.1, 0.15) is 13.9 Å². The lowest BCUT2D eigenvalue weighted by Gasteiger charge is -2.41. The number of nitrogens with zero attached hydrogens (tertiary/aromatic N) is 1. The van der Waals surface area contributed by atoms with E-state index in [4.69, 9.17) is 50.8 Å². The molecule has 2 aromatic rings. The summed E-state index contributed by atoms with van der Waals surface area (Å²) in [5.41, 5.74) is -1.35. The molecule has 0 saturated carbocycles. The van der Waals surface area contributed by atoms with E-state index < -0.39 is 51.8 Å². The number of fused-ring (bicyclic) bond motifs is 1. The van der Waals surface area contributed by atoms with Gasteiger partial charge in [0.2, 0.25) is 11.8 Å². The van der Waals surface area contributed by atoms with E-state index in [-0.39, 0.29) is 40.0 Å². The van der Waals surface area contributed by atoms with Gasteiger partial charge in [0.05, 0.1) is 31.4 Å². The highest BCUT2D eigenvalue weighted by Gasteiger charge is 2.49. The molecular weight excluding hydrogens is 498 g/mol. The molecule has 10 radical (unpaired) electrons. The van der Waals surface area contributed by atoms with Crippen LogP contribution in [0.1, 0.15) is 39.9 Å². The normalized spacial score (nSPS) is 19.4. The number of rotatable bonds is 5. The van der Waals surface area contributed by atoms with Crippen molar-refractivity contribution < 1.29 is 28.0 Å². The number of carbonyl (C=O) groups excluding carboxylic acids is 4. The van der Waals surface area contributed by atoms with Crippen LogP contribution in [-0.4, -0.2) is 73.8 Å². The molecule has 7 nitrogen and oxygen atoms in total. The van der Waals surface area contributed by atoms with Gasteiger partial charge >= 0.3 is 5.92 Å². The van der Waals surface area contributed by atoms with Crippen molar-refractivity contribution in [2.75, 3.05) is 0 Å². The Balaban J connectivity index is 1.67. The zero-order valence-electron chi connectivity index (χ0n) is 19.1. The average molecular weight is 511 g/mol. The number of nitrogens with one attached hydrogen (secondary N) is 2. The van der Waals surface area contributed by atoms with E-state index in [1.54, 1.807) is 0 Å². The molecule has 0 aliphatic carbocycles. The third-order valence-electron chi connectivity index (χ3n) is 6.25. The maximum absolute atomic E-state index is 14.8. The van der Waals surface area contributed by atoms with Crippen LogP contribution in [-0.2, 0) is 31.0 Å². The van der Waals surface area contributed by atoms with Gasteiger partial charge in [0.25, 0.3) is 11.8 Å². The van der Waals surface area contributed by atoms with Gasteiger partial charge in [0, 0.05) is 22.6 Å². The minimum Gasteiger partial charge on any atom is -0.358 e. The van der Waals surface area contributed by atoms with Crippen LogP contribution in [0.3, 0.4) is 0 Å². The predicted octanol–water partition coefficient (Wildman–Crippen LogP) is -0.802. The first-order valence-corrected chi connectivity index (χ1v) is 11.2. The molecule has 37 heavy (non-hydrogen) atoms. The van der Waals surface area contributed by atoms with Gasteiger partial charge in [-0.25, -0.2) is 0 Å². The number of carbonyl (C=O) groups is 4. The van der Waals surface area contributed by atoms with Crippen molar-refractivity contribution in [2.45, 2.75) is 35.5 Å². The summed E-state index contributed by atoms with van der Waals surface area (Å²) in [5.74, 6) is -7.93. The summed E-state index contributed by atoms with van der Waals surface area (Å²) in [7, 11) is 30.5. The molecule has 1 saturated heterocycles. The second kappa shape index (κ2) is 9.08. The first-order chi connectivity index (χ1) is 17.1. The van der Waals surface area contributed by atoms with Crippen LogP contribution < -0.4 is 16.1 Å². The predicted molar refractivity (Wildman–Crippen MR) is 134 cm³/mol. The highest BCUT2D eigenvalue weighted by Crippen LogP contribution is 2.39. The molecule has 2 aromatic carbocycles. The lowest BCUT2D eigenvalue weighted by molar-refractivity contribution is -0.147. The number of alkyl halides is 2. The van der Waals surface area contributed by atoms with Crippen molar-refractivity contribution in [3.05, 3.63) is 63.7 Å². The molecule has 2 aliphatic rings. The Morgan fingerprint density at radius 3 is 2.35 bits per heavy atom. The van der Waals surface area contributed by atoms with Crippen molar-refractivity contribution in [2.24, 2.45) is 0 Å². The van der Waals surface area contributed by atoms with Crippen LogP contribution in [0.25, 0.3) is 0 Å². The average Bonchev–Trinajstić information content (AvgIpc) is 2.98. The van der Waals surface area contributed by atoms with Gasteiger partial charge < -0.3 is 10.2 Å². The SMILES string of the molecule is [B]c1cc2c(cc1C([B])([B])NC(=O)C(F)(F)c1ccc(Cl)cc1)C([B])([B])N(C1CCC(=O)NC1=O)C2=O. The lowest BCUT2D eigenvalue weighted by Crippen LogP contribution is -2.59. The molecule has 0 bridgehead atoms. The molecule has 1 atom stereocenters. The Morgan fingerprint density at radius 2 is 1.76 bits per heavy atom. The van der Waals surface area contributed by atoms with Crippen molar-refractivity contribution in [1.82, 2.24) is 15.5 Å². The number of amides is 4. The van der Waals surface area contributed by atoms with E-state index >= 15 is 0 Å². The van der Waals surface area contributed by atoms with Crippen molar-refractivity contribution in [3.8, 4) is 0 Å². The van der Waals surface area contributed by atoms with Crippen LogP contribution in [0, 0.1) is 0 Å². The maximum Gasteiger partial charge on any atom is 0.349 e. The van der Waals surface area contributed by atoms with Crippen molar-refractivity contribution >= 4 is 79.9 Å². The fourth-order valence-corrected chi connectivity index (χ4v) is 4.49. The highest BCUT2D eigenvalue weighted by molar-refractivity contribution is 6.46. The van der Waals surface area contributed by atoms with Crippen LogP contribution in [0.4, 0.5) is 8.78 Å². The van der Waals surface area contributed by atoms with E-state index in [1.165, 1.54) is 12.1 Å². The van der Waals surface area contributed by atoms with E-state index in [0.29, 0.717) is 0 Å². The summed E-state index contributed by atoms with van der Waals surface area (Å²) in [6, 6.07) is 5.35. The molecule has 2 heterocycles. The number of hydrogen-bond acceptors (Lipinski definition) is 4. The summed E-state index contributed by atoms with van der Waals surface area (Å²) in [5, 5.41) is -0.400. The number of piperidine rings is 1. The molecule has 2 aliphatic heterocycles. The molecule has 2 N–H and O–H groups in total. The van der Waals surface area contributed by atoms with E-state index in [0.717, 1.165) is 29.2 Å². The Hall–Kier alpha value is -3.01. The Bertz CT molecular complexity index is 1340. The highest BCUT2D eigenvalue weighted by atomic mass is 35.5. The molecule has 4 amide bonds. The van der Waals surface area contributed by atoms with Gasteiger partial charge in [-0.05, 0) is 40.4 Å². The topological polar surface area (TPSA) is 95.6 Å². The maximum atomic E-state index is 14.8. The molecule has 4 rings (SSSR count). The minimum absolute atomic E-state index is 0.0313. The molecule has 0 spiro atoms. The van der Waals surface area contributed by atoms with Crippen molar-refractivity contribution in [3.63, 3.8) is 0 Å². The third kappa shape index (κ3) is 4.60. The largest absolute Gasteiger partial charge is 0.358 e. The van der Waals surface area contributed by atoms with E-state index in [9.17, 15) is 28.0 Å². The van der Waals surface area contributed by atoms with Gasteiger partial charge in [-0.2, -0.15) is 8.78 Å². The van der Waals surface area contributed by atoms with Crippen LogP contribution >= 0.6 is 11.6 Å². The number of hydrogen-bond donors (Lipinski definition) is 2. The van der Waals surface area contributed by atoms with Crippen LogP contribution in [0.5, 0.6) is 0 Å². The second-order valence-electron chi connectivity index (χ2n) is 8.86. The first kappa shape index (κ1) is 27.0. The third-order valence-corrected chi connectivity index (χ3v) is 6.50. The standard InChI is InChI=1S/C22H13B5ClF2N3O4/c23-14-7-11-12(22(26,27)33(18(11)36)15-5-6-16(34)31-17(15)35)8-13(14)21(24,25)32-19(37)20(29,30)9-1-3-10(28)4-2-9/h1-4,7-8,15H,5-6H2,(H,32,37)(H,31,34,35). The molecule has 0 aromatic heterocycles. The Morgan fingerprint density at radius 1 is 1.14 bits per heavy atom. The number of benzene rings is 2. The zero-order valence-corrected chi connectivity index (χ0v) is 19.8. The monoisotopic (exact) mass is 511 g/mol. The fourth-order valence-electron chi connectivity index (χ4n) is 4.36. The quantitative estimate of drug-likeness (QED) is 0.407. The zero-order chi connectivity index (χ0) is 27.5. The van der Waals surface area contributed by atoms with E-state index in [1.807, 2.05) is 5.32 Å². The Kier molecular flexibility index (Phi) is 6.63. The smallest absolute Gasteiger partial charge is 0.349 e. The van der Waals surface area contributed by atoms with Crippen LogP contribution in [0.2, 0.25) is 5.02 Å². The fraction of sp³-hybridized carbons (Fsp3) is 0.273. The number of halogens is 3. The Labute approximate surface area is 222 Å². The summed E-state index contributed by atoms with van der Waals surface area (Å²) < 4.78 is 29.6. The van der Waals surface area contributed by atoms with Crippen molar-refractivity contribution in [1.29, 1.82) is 0 Å². The molecule has 1 fully saturated rings.